The molecule has 0 saturated heterocycles. The van der Waals surface area contributed by atoms with Crippen LogP contribution in [0.3, 0.4) is 0 Å². The Morgan fingerprint density at radius 2 is 1.33 bits per heavy atom. The van der Waals surface area contributed by atoms with Crippen LogP contribution in [0.1, 0.15) is 60.8 Å². The molecule has 0 heterocycles. The summed E-state index contributed by atoms with van der Waals surface area (Å²) in [5.41, 5.74) is -0.133. The molecule has 0 saturated carbocycles. The SMILES string of the molecule is CCC(C)OCCC(C)(C)OCCO[C@H](C)CC. The van der Waals surface area contributed by atoms with Crippen LogP contribution in [0.2, 0.25) is 0 Å². The van der Waals surface area contributed by atoms with E-state index in [-0.39, 0.29) is 5.60 Å². The minimum Gasteiger partial charge on any atom is -0.378 e. The van der Waals surface area contributed by atoms with Crippen molar-refractivity contribution in [3.8, 4) is 0 Å². The topological polar surface area (TPSA) is 27.7 Å². The van der Waals surface area contributed by atoms with E-state index in [1.807, 2.05) is 0 Å². The molecule has 1 unspecified atom stereocenters. The summed E-state index contributed by atoms with van der Waals surface area (Å²) in [6.07, 6.45) is 3.69. The molecule has 0 aromatic rings. The maximum Gasteiger partial charge on any atom is 0.0707 e. The van der Waals surface area contributed by atoms with E-state index >= 15 is 0 Å². The molecule has 0 N–H and O–H groups in total. The van der Waals surface area contributed by atoms with Crippen LogP contribution in [0, 0.1) is 0 Å². The summed E-state index contributed by atoms with van der Waals surface area (Å²) in [6, 6.07) is 0. The van der Waals surface area contributed by atoms with Crippen molar-refractivity contribution in [2.24, 2.45) is 0 Å². The molecule has 110 valence electrons. The molecule has 0 aliphatic heterocycles. The maximum absolute atomic E-state index is 5.83. The normalized spacial score (nSPS) is 15.7. The van der Waals surface area contributed by atoms with Crippen molar-refractivity contribution in [2.45, 2.75) is 78.6 Å². The number of rotatable bonds is 11. The third kappa shape index (κ3) is 9.86. The van der Waals surface area contributed by atoms with Gasteiger partial charge in [-0.25, -0.2) is 0 Å². The van der Waals surface area contributed by atoms with Crippen LogP contribution in [0.25, 0.3) is 0 Å². The first-order valence-electron chi connectivity index (χ1n) is 7.28. The molecule has 3 heteroatoms. The van der Waals surface area contributed by atoms with Crippen molar-refractivity contribution in [1.82, 2.24) is 0 Å². The fourth-order valence-electron chi connectivity index (χ4n) is 1.38. The minimum absolute atomic E-state index is 0.133. The van der Waals surface area contributed by atoms with E-state index in [9.17, 15) is 0 Å². The Bertz CT molecular complexity index is 192. The largest absolute Gasteiger partial charge is 0.378 e. The predicted molar refractivity (Wildman–Crippen MR) is 76.1 cm³/mol. The van der Waals surface area contributed by atoms with Crippen LogP contribution in [0.4, 0.5) is 0 Å². The Labute approximate surface area is 113 Å². The van der Waals surface area contributed by atoms with Crippen LogP contribution in [-0.2, 0) is 14.2 Å². The first-order valence-corrected chi connectivity index (χ1v) is 7.28. The predicted octanol–water partition coefficient (Wildman–Crippen LogP) is 3.80. The smallest absolute Gasteiger partial charge is 0.0707 e. The van der Waals surface area contributed by atoms with Crippen molar-refractivity contribution in [1.29, 1.82) is 0 Å². The molecule has 0 aromatic heterocycles. The molecule has 0 rings (SSSR count). The molecule has 0 radical (unpaired) electrons. The van der Waals surface area contributed by atoms with Crippen LogP contribution in [0.15, 0.2) is 0 Å². The van der Waals surface area contributed by atoms with Gasteiger partial charge in [-0.15, -0.1) is 0 Å². The van der Waals surface area contributed by atoms with Gasteiger partial charge < -0.3 is 14.2 Å². The van der Waals surface area contributed by atoms with E-state index in [1.165, 1.54) is 0 Å². The molecule has 0 aromatic carbocycles. The zero-order valence-electron chi connectivity index (χ0n) is 13.1. The summed E-state index contributed by atoms with van der Waals surface area (Å²) < 4.78 is 17.1. The number of hydrogen-bond acceptors (Lipinski definition) is 3. The fraction of sp³-hybridized carbons (Fsp3) is 1.00. The average Bonchev–Trinajstić information content (AvgIpc) is 2.33. The van der Waals surface area contributed by atoms with Crippen LogP contribution < -0.4 is 0 Å². The van der Waals surface area contributed by atoms with E-state index in [4.69, 9.17) is 14.2 Å². The third-order valence-corrected chi connectivity index (χ3v) is 3.23. The summed E-state index contributed by atoms with van der Waals surface area (Å²) in [5, 5.41) is 0. The molecule has 0 aliphatic rings. The second-order valence-corrected chi connectivity index (χ2v) is 5.54. The lowest BCUT2D eigenvalue weighted by molar-refractivity contribution is -0.0756. The highest BCUT2D eigenvalue weighted by molar-refractivity contribution is 4.68. The average molecular weight is 260 g/mol. The van der Waals surface area contributed by atoms with Gasteiger partial charge in [0.05, 0.1) is 31.0 Å². The van der Waals surface area contributed by atoms with Gasteiger partial charge in [0, 0.05) is 6.61 Å². The zero-order chi connectivity index (χ0) is 14.0. The lowest BCUT2D eigenvalue weighted by atomic mass is 10.1. The lowest BCUT2D eigenvalue weighted by Crippen LogP contribution is -2.29. The summed E-state index contributed by atoms with van der Waals surface area (Å²) in [5.74, 6) is 0. The van der Waals surface area contributed by atoms with Crippen LogP contribution >= 0.6 is 0 Å². The first-order chi connectivity index (χ1) is 8.41. The van der Waals surface area contributed by atoms with Crippen molar-refractivity contribution < 1.29 is 14.2 Å². The number of ether oxygens (including phenoxy) is 3. The molecule has 0 fully saturated rings. The highest BCUT2D eigenvalue weighted by Gasteiger charge is 2.18. The van der Waals surface area contributed by atoms with E-state index in [0.717, 1.165) is 25.9 Å². The molecule has 0 aliphatic carbocycles. The highest BCUT2D eigenvalue weighted by atomic mass is 16.5. The second-order valence-electron chi connectivity index (χ2n) is 5.54. The van der Waals surface area contributed by atoms with E-state index < -0.39 is 0 Å². The van der Waals surface area contributed by atoms with Gasteiger partial charge in [0.15, 0.2) is 0 Å². The Morgan fingerprint density at radius 3 is 1.83 bits per heavy atom. The maximum atomic E-state index is 5.83. The van der Waals surface area contributed by atoms with Gasteiger partial charge in [-0.05, 0) is 47.0 Å². The Kier molecular flexibility index (Phi) is 9.70. The Morgan fingerprint density at radius 1 is 0.833 bits per heavy atom. The third-order valence-electron chi connectivity index (χ3n) is 3.23. The van der Waals surface area contributed by atoms with Crippen molar-refractivity contribution in [3.63, 3.8) is 0 Å². The Hall–Kier alpha value is -0.120. The van der Waals surface area contributed by atoms with E-state index in [0.29, 0.717) is 25.4 Å². The molecule has 18 heavy (non-hydrogen) atoms. The zero-order valence-corrected chi connectivity index (χ0v) is 13.1. The summed E-state index contributed by atoms with van der Waals surface area (Å²) in [6.45, 7) is 14.8. The fourth-order valence-corrected chi connectivity index (χ4v) is 1.38. The van der Waals surface area contributed by atoms with Crippen molar-refractivity contribution >= 4 is 0 Å². The van der Waals surface area contributed by atoms with Gasteiger partial charge in [0.25, 0.3) is 0 Å². The standard InChI is InChI=1S/C15H32O3/c1-7-13(3)16-10-9-15(5,6)18-12-11-17-14(4)8-2/h13-14H,7-12H2,1-6H3/t13?,14-/m1/s1. The summed E-state index contributed by atoms with van der Waals surface area (Å²) in [4.78, 5) is 0. The van der Waals surface area contributed by atoms with E-state index in [1.54, 1.807) is 0 Å². The molecule has 0 spiro atoms. The molecular formula is C15H32O3. The molecular weight excluding hydrogens is 228 g/mol. The minimum atomic E-state index is -0.133. The summed E-state index contributed by atoms with van der Waals surface area (Å²) >= 11 is 0. The monoisotopic (exact) mass is 260 g/mol. The van der Waals surface area contributed by atoms with E-state index in [2.05, 4.69) is 41.5 Å². The molecule has 2 atom stereocenters. The van der Waals surface area contributed by atoms with Gasteiger partial charge in [-0.1, -0.05) is 13.8 Å². The Balaban J connectivity index is 3.60. The van der Waals surface area contributed by atoms with Crippen molar-refractivity contribution in [3.05, 3.63) is 0 Å². The number of hydrogen-bond donors (Lipinski definition) is 0. The molecule has 0 bridgehead atoms. The highest BCUT2D eigenvalue weighted by Crippen LogP contribution is 2.15. The van der Waals surface area contributed by atoms with Crippen LogP contribution in [-0.4, -0.2) is 37.6 Å². The second kappa shape index (κ2) is 9.76. The lowest BCUT2D eigenvalue weighted by Gasteiger charge is -2.26. The summed E-state index contributed by atoms with van der Waals surface area (Å²) in [7, 11) is 0. The molecule has 0 amide bonds. The van der Waals surface area contributed by atoms with Gasteiger partial charge in [0.2, 0.25) is 0 Å². The van der Waals surface area contributed by atoms with Gasteiger partial charge in [-0.3, -0.25) is 0 Å². The van der Waals surface area contributed by atoms with Crippen LogP contribution in [0.5, 0.6) is 0 Å². The van der Waals surface area contributed by atoms with Gasteiger partial charge in [-0.2, -0.15) is 0 Å². The van der Waals surface area contributed by atoms with Gasteiger partial charge in [0.1, 0.15) is 0 Å². The quantitative estimate of drug-likeness (QED) is 0.529. The van der Waals surface area contributed by atoms with Crippen molar-refractivity contribution in [2.75, 3.05) is 19.8 Å². The molecule has 3 nitrogen and oxygen atoms in total. The van der Waals surface area contributed by atoms with Gasteiger partial charge >= 0.3 is 0 Å². The first kappa shape index (κ1) is 17.9.